The summed E-state index contributed by atoms with van der Waals surface area (Å²) in [6.07, 6.45) is 3.97. The van der Waals surface area contributed by atoms with Crippen LogP contribution in [0.1, 0.15) is 25.7 Å². The van der Waals surface area contributed by atoms with Crippen molar-refractivity contribution in [3.05, 3.63) is 12.2 Å². The number of carboxylic acids is 1. The van der Waals surface area contributed by atoms with Crippen LogP contribution in [0.15, 0.2) is 12.2 Å². The minimum atomic E-state index is -1.03. The SMILES string of the molecule is NC(CCCCNC(=O)CCN1C(=O)C=CC1=O)C(=O)O. The van der Waals surface area contributed by atoms with E-state index < -0.39 is 23.8 Å². The van der Waals surface area contributed by atoms with Crippen LogP contribution in [0.3, 0.4) is 0 Å². The Hall–Kier alpha value is -2.22. The van der Waals surface area contributed by atoms with E-state index in [0.717, 1.165) is 4.90 Å². The molecule has 3 amide bonds. The Bertz CT molecular complexity index is 443. The Labute approximate surface area is 122 Å². The topological polar surface area (TPSA) is 130 Å². The summed E-state index contributed by atoms with van der Waals surface area (Å²) in [6, 6.07) is -0.875. The summed E-state index contributed by atoms with van der Waals surface area (Å²) < 4.78 is 0. The molecule has 8 nitrogen and oxygen atoms in total. The van der Waals surface area contributed by atoms with Crippen LogP contribution >= 0.6 is 0 Å². The van der Waals surface area contributed by atoms with Crippen LogP contribution in [0, 0.1) is 0 Å². The van der Waals surface area contributed by atoms with Gasteiger partial charge in [0.05, 0.1) is 0 Å². The number of unbranched alkanes of at least 4 members (excludes halogenated alkanes) is 1. The van der Waals surface area contributed by atoms with Gasteiger partial charge in [-0.2, -0.15) is 0 Å². The quantitative estimate of drug-likeness (QED) is 0.370. The molecular weight excluding hydrogens is 278 g/mol. The maximum absolute atomic E-state index is 11.5. The maximum atomic E-state index is 11.5. The lowest BCUT2D eigenvalue weighted by molar-refractivity contribution is -0.139. The maximum Gasteiger partial charge on any atom is 0.320 e. The van der Waals surface area contributed by atoms with Crippen LogP contribution in [-0.2, 0) is 19.2 Å². The van der Waals surface area contributed by atoms with E-state index in [-0.39, 0.29) is 18.9 Å². The first-order valence-electron chi connectivity index (χ1n) is 6.70. The fraction of sp³-hybridized carbons (Fsp3) is 0.538. The molecule has 0 aromatic rings. The molecule has 116 valence electrons. The highest BCUT2D eigenvalue weighted by atomic mass is 16.4. The molecule has 1 aliphatic heterocycles. The number of nitrogens with two attached hydrogens (primary N) is 1. The molecule has 1 rings (SSSR count). The third-order valence-electron chi connectivity index (χ3n) is 3.04. The number of nitrogens with zero attached hydrogens (tertiary/aromatic N) is 1. The van der Waals surface area contributed by atoms with E-state index in [1.165, 1.54) is 12.2 Å². The number of carbonyl (C=O) groups excluding carboxylic acids is 3. The first-order chi connectivity index (χ1) is 9.91. The lowest BCUT2D eigenvalue weighted by atomic mass is 10.1. The number of imide groups is 1. The van der Waals surface area contributed by atoms with E-state index in [1.54, 1.807) is 0 Å². The van der Waals surface area contributed by atoms with Crippen molar-refractivity contribution in [1.29, 1.82) is 0 Å². The summed E-state index contributed by atoms with van der Waals surface area (Å²) in [5.74, 6) is -2.11. The van der Waals surface area contributed by atoms with Crippen molar-refractivity contribution in [3.63, 3.8) is 0 Å². The third kappa shape index (κ3) is 5.74. The van der Waals surface area contributed by atoms with Crippen LogP contribution < -0.4 is 11.1 Å². The van der Waals surface area contributed by atoms with Crippen molar-refractivity contribution in [3.8, 4) is 0 Å². The molecule has 0 aromatic carbocycles. The Kier molecular flexibility index (Phi) is 6.54. The second kappa shape index (κ2) is 8.15. The summed E-state index contributed by atoms with van der Waals surface area (Å²) in [6.45, 7) is 0.464. The van der Waals surface area contributed by atoms with Crippen molar-refractivity contribution in [2.75, 3.05) is 13.1 Å². The molecule has 1 aliphatic rings. The van der Waals surface area contributed by atoms with Crippen molar-refractivity contribution < 1.29 is 24.3 Å². The van der Waals surface area contributed by atoms with Gasteiger partial charge in [-0.25, -0.2) is 0 Å². The summed E-state index contributed by atoms with van der Waals surface area (Å²) in [5.41, 5.74) is 5.34. The fourth-order valence-corrected chi connectivity index (χ4v) is 1.79. The summed E-state index contributed by atoms with van der Waals surface area (Å²) in [5, 5.41) is 11.2. The summed E-state index contributed by atoms with van der Waals surface area (Å²) >= 11 is 0. The minimum absolute atomic E-state index is 0.0494. The minimum Gasteiger partial charge on any atom is -0.480 e. The van der Waals surface area contributed by atoms with E-state index in [2.05, 4.69) is 5.32 Å². The van der Waals surface area contributed by atoms with Crippen molar-refractivity contribution in [1.82, 2.24) is 10.2 Å². The predicted octanol–water partition coefficient (Wildman–Crippen LogP) is -1.00. The molecule has 0 fully saturated rings. The zero-order chi connectivity index (χ0) is 15.8. The van der Waals surface area contributed by atoms with Crippen molar-refractivity contribution >= 4 is 23.7 Å². The van der Waals surface area contributed by atoms with Gasteiger partial charge in [0.15, 0.2) is 0 Å². The number of aliphatic carboxylic acids is 1. The van der Waals surface area contributed by atoms with Crippen LogP contribution in [-0.4, -0.2) is 52.8 Å². The predicted molar refractivity (Wildman–Crippen MR) is 72.9 cm³/mol. The molecule has 0 spiro atoms. The highest BCUT2D eigenvalue weighted by Crippen LogP contribution is 2.04. The first-order valence-corrected chi connectivity index (χ1v) is 6.70. The largest absolute Gasteiger partial charge is 0.480 e. The Morgan fingerprint density at radius 3 is 2.43 bits per heavy atom. The van der Waals surface area contributed by atoms with Crippen molar-refractivity contribution in [2.45, 2.75) is 31.7 Å². The fourth-order valence-electron chi connectivity index (χ4n) is 1.79. The Balaban J connectivity index is 2.08. The molecule has 1 unspecified atom stereocenters. The van der Waals surface area contributed by atoms with E-state index >= 15 is 0 Å². The van der Waals surface area contributed by atoms with Gasteiger partial charge in [0.2, 0.25) is 5.91 Å². The number of rotatable bonds is 9. The smallest absolute Gasteiger partial charge is 0.320 e. The Morgan fingerprint density at radius 1 is 1.24 bits per heavy atom. The van der Waals surface area contributed by atoms with E-state index in [0.29, 0.717) is 25.8 Å². The molecule has 1 heterocycles. The average Bonchev–Trinajstić information content (AvgIpc) is 2.75. The average molecular weight is 297 g/mol. The standard InChI is InChI=1S/C13H19N3O5/c14-9(13(20)21)3-1-2-7-15-10(17)6-8-16-11(18)4-5-12(16)19/h4-5,9H,1-3,6-8,14H2,(H,15,17)(H,20,21). The monoisotopic (exact) mass is 297 g/mol. The number of carboxylic acid groups (broad SMARTS) is 1. The second-order valence-corrected chi connectivity index (χ2v) is 4.70. The van der Waals surface area contributed by atoms with Gasteiger partial charge in [0, 0.05) is 31.7 Å². The third-order valence-corrected chi connectivity index (χ3v) is 3.04. The molecule has 0 saturated heterocycles. The van der Waals surface area contributed by atoms with Gasteiger partial charge in [-0.1, -0.05) is 0 Å². The lowest BCUT2D eigenvalue weighted by Gasteiger charge is -2.13. The molecular formula is C13H19N3O5. The van der Waals surface area contributed by atoms with Gasteiger partial charge >= 0.3 is 5.97 Å². The van der Waals surface area contributed by atoms with Crippen molar-refractivity contribution in [2.24, 2.45) is 5.73 Å². The molecule has 0 saturated carbocycles. The molecule has 0 aromatic heterocycles. The number of amides is 3. The highest BCUT2D eigenvalue weighted by molar-refractivity contribution is 6.13. The van der Waals surface area contributed by atoms with Crippen LogP contribution in [0.4, 0.5) is 0 Å². The van der Waals surface area contributed by atoms with E-state index in [4.69, 9.17) is 10.8 Å². The van der Waals surface area contributed by atoms with Gasteiger partial charge in [0.25, 0.3) is 11.8 Å². The second-order valence-electron chi connectivity index (χ2n) is 4.70. The van der Waals surface area contributed by atoms with Crippen LogP contribution in [0.25, 0.3) is 0 Å². The summed E-state index contributed by atoms with van der Waals surface area (Å²) in [7, 11) is 0. The van der Waals surface area contributed by atoms with Crippen LogP contribution in [0.2, 0.25) is 0 Å². The number of nitrogens with one attached hydrogen (secondary N) is 1. The molecule has 0 aliphatic carbocycles. The zero-order valence-electron chi connectivity index (χ0n) is 11.6. The van der Waals surface area contributed by atoms with Gasteiger partial charge < -0.3 is 16.2 Å². The van der Waals surface area contributed by atoms with E-state index in [9.17, 15) is 19.2 Å². The lowest BCUT2D eigenvalue weighted by Crippen LogP contribution is -2.35. The molecule has 1 atom stereocenters. The van der Waals surface area contributed by atoms with Gasteiger partial charge in [-0.3, -0.25) is 24.1 Å². The number of carbonyl (C=O) groups is 4. The normalized spacial score (nSPS) is 15.4. The van der Waals surface area contributed by atoms with Crippen LogP contribution in [0.5, 0.6) is 0 Å². The highest BCUT2D eigenvalue weighted by Gasteiger charge is 2.23. The van der Waals surface area contributed by atoms with Gasteiger partial charge in [-0.05, 0) is 19.3 Å². The number of hydrogen-bond donors (Lipinski definition) is 3. The summed E-state index contributed by atoms with van der Waals surface area (Å²) in [4.78, 5) is 45.5. The molecule has 8 heteroatoms. The van der Waals surface area contributed by atoms with Gasteiger partial charge in [0.1, 0.15) is 6.04 Å². The first kappa shape index (κ1) is 16.8. The van der Waals surface area contributed by atoms with E-state index in [1.807, 2.05) is 0 Å². The number of hydrogen-bond acceptors (Lipinski definition) is 5. The molecule has 21 heavy (non-hydrogen) atoms. The zero-order valence-corrected chi connectivity index (χ0v) is 11.6. The van der Waals surface area contributed by atoms with Gasteiger partial charge in [-0.15, -0.1) is 0 Å². The Morgan fingerprint density at radius 2 is 1.86 bits per heavy atom. The molecule has 4 N–H and O–H groups in total. The molecule has 0 bridgehead atoms. The molecule has 0 radical (unpaired) electrons.